The van der Waals surface area contributed by atoms with Crippen LogP contribution in [0, 0.1) is 12.7 Å². The Bertz CT molecular complexity index is 1280. The average molecular weight is 445 g/mol. The second kappa shape index (κ2) is 8.97. The Hall–Kier alpha value is -3.81. The highest BCUT2D eigenvalue weighted by atomic mass is 19.1. The van der Waals surface area contributed by atoms with Gasteiger partial charge in [-0.25, -0.2) is 19.0 Å². The molecule has 0 atom stereocenters. The molecule has 1 amide bonds. The van der Waals surface area contributed by atoms with Crippen molar-refractivity contribution in [2.75, 3.05) is 5.32 Å². The largest absolute Gasteiger partial charge is 0.367 e. The van der Waals surface area contributed by atoms with Gasteiger partial charge in [-0.15, -0.1) is 0 Å². The van der Waals surface area contributed by atoms with Crippen LogP contribution in [0.2, 0.25) is 0 Å². The third-order valence-electron chi connectivity index (χ3n) is 6.06. The summed E-state index contributed by atoms with van der Waals surface area (Å²) in [6.07, 6.45) is 5.27. The first-order valence-electron chi connectivity index (χ1n) is 11.2. The molecule has 168 valence electrons. The summed E-state index contributed by atoms with van der Waals surface area (Å²) in [6, 6.07) is 16.2. The van der Waals surface area contributed by atoms with E-state index in [0.29, 0.717) is 28.5 Å². The number of aromatic nitrogens is 4. The number of fused-ring (bicyclic) bond motifs is 1. The minimum Gasteiger partial charge on any atom is -0.367 e. The molecule has 4 aromatic rings. The van der Waals surface area contributed by atoms with Gasteiger partial charge in [0.25, 0.3) is 5.91 Å². The minimum absolute atomic E-state index is 0.0271. The van der Waals surface area contributed by atoms with Gasteiger partial charge in [-0.1, -0.05) is 30.3 Å². The molecule has 1 aliphatic rings. The van der Waals surface area contributed by atoms with Crippen molar-refractivity contribution in [1.29, 1.82) is 0 Å². The monoisotopic (exact) mass is 444 g/mol. The lowest BCUT2D eigenvalue weighted by Gasteiger charge is -2.30. The predicted octanol–water partition coefficient (Wildman–Crippen LogP) is 4.42. The second-order valence-electron chi connectivity index (χ2n) is 8.40. The zero-order chi connectivity index (χ0) is 22.8. The van der Waals surface area contributed by atoms with Gasteiger partial charge >= 0.3 is 0 Å². The van der Waals surface area contributed by atoms with Gasteiger partial charge in [-0.2, -0.15) is 5.10 Å². The maximum absolute atomic E-state index is 14.3. The molecule has 7 nitrogen and oxygen atoms in total. The van der Waals surface area contributed by atoms with Crippen LogP contribution in [0.4, 0.5) is 10.2 Å². The molecular weight excluding hydrogens is 419 g/mol. The lowest BCUT2D eigenvalue weighted by Crippen LogP contribution is -2.40. The van der Waals surface area contributed by atoms with Crippen molar-refractivity contribution in [2.45, 2.75) is 44.7 Å². The molecule has 0 aliphatic heterocycles. The maximum Gasteiger partial charge on any atom is 0.251 e. The van der Waals surface area contributed by atoms with Crippen molar-refractivity contribution >= 4 is 22.8 Å². The van der Waals surface area contributed by atoms with Crippen LogP contribution in [0.5, 0.6) is 0 Å². The number of anilines is 1. The Kier molecular flexibility index (Phi) is 5.73. The molecule has 2 aromatic carbocycles. The molecule has 1 saturated carbocycles. The Balaban J connectivity index is 1.29. The van der Waals surface area contributed by atoms with Crippen LogP contribution >= 0.6 is 0 Å². The van der Waals surface area contributed by atoms with Crippen molar-refractivity contribution < 1.29 is 9.18 Å². The first-order valence-corrected chi connectivity index (χ1v) is 11.2. The molecule has 1 fully saturated rings. The van der Waals surface area contributed by atoms with Gasteiger partial charge in [0.05, 0.1) is 11.6 Å². The quantitative estimate of drug-likeness (QED) is 0.476. The van der Waals surface area contributed by atoms with E-state index >= 15 is 0 Å². The SMILES string of the molecule is Cc1nc(NC2CCC(NC(=O)c3ccccc3)CC2)c2cnn(-c3ccccc3F)c2n1. The first kappa shape index (κ1) is 21.1. The number of para-hydroxylation sites is 1. The van der Waals surface area contributed by atoms with Crippen LogP contribution in [-0.4, -0.2) is 37.7 Å². The van der Waals surface area contributed by atoms with E-state index < -0.39 is 0 Å². The third kappa shape index (κ3) is 4.41. The third-order valence-corrected chi connectivity index (χ3v) is 6.06. The summed E-state index contributed by atoms with van der Waals surface area (Å²) in [5.74, 6) is 0.911. The summed E-state index contributed by atoms with van der Waals surface area (Å²) in [4.78, 5) is 21.5. The Labute approximate surface area is 191 Å². The minimum atomic E-state index is -0.357. The molecular formula is C25H25FN6O. The number of hydrogen-bond acceptors (Lipinski definition) is 5. The molecule has 2 aromatic heterocycles. The van der Waals surface area contributed by atoms with Gasteiger partial charge in [-0.3, -0.25) is 4.79 Å². The van der Waals surface area contributed by atoms with Gasteiger partial charge in [0.2, 0.25) is 0 Å². The highest BCUT2D eigenvalue weighted by Crippen LogP contribution is 2.27. The molecule has 2 N–H and O–H groups in total. The number of amides is 1. The van der Waals surface area contributed by atoms with E-state index in [1.165, 1.54) is 10.7 Å². The zero-order valence-corrected chi connectivity index (χ0v) is 18.3. The number of carbonyl (C=O) groups excluding carboxylic acids is 1. The van der Waals surface area contributed by atoms with Gasteiger partial charge in [-0.05, 0) is 56.9 Å². The van der Waals surface area contributed by atoms with Crippen molar-refractivity contribution in [3.05, 3.63) is 78.0 Å². The topological polar surface area (TPSA) is 84.7 Å². The fourth-order valence-corrected chi connectivity index (χ4v) is 4.36. The van der Waals surface area contributed by atoms with Crippen molar-refractivity contribution in [3.8, 4) is 5.69 Å². The lowest BCUT2D eigenvalue weighted by molar-refractivity contribution is 0.0926. The molecule has 0 spiro atoms. The van der Waals surface area contributed by atoms with Crippen LogP contribution in [0.25, 0.3) is 16.7 Å². The van der Waals surface area contributed by atoms with Gasteiger partial charge in [0.1, 0.15) is 23.1 Å². The number of aryl methyl sites for hydroxylation is 1. The summed E-state index contributed by atoms with van der Waals surface area (Å²) >= 11 is 0. The van der Waals surface area contributed by atoms with Crippen LogP contribution < -0.4 is 10.6 Å². The summed E-state index contributed by atoms with van der Waals surface area (Å²) in [5.41, 5.74) is 1.61. The fourth-order valence-electron chi connectivity index (χ4n) is 4.36. The summed E-state index contributed by atoms with van der Waals surface area (Å²) in [6.45, 7) is 1.82. The number of hydrogen-bond donors (Lipinski definition) is 2. The predicted molar refractivity (Wildman–Crippen MR) is 125 cm³/mol. The number of carbonyl (C=O) groups is 1. The smallest absolute Gasteiger partial charge is 0.251 e. The number of halogens is 1. The van der Waals surface area contributed by atoms with E-state index in [2.05, 4.69) is 25.7 Å². The van der Waals surface area contributed by atoms with E-state index in [4.69, 9.17) is 0 Å². The molecule has 5 rings (SSSR count). The summed E-state index contributed by atoms with van der Waals surface area (Å²) in [7, 11) is 0. The van der Waals surface area contributed by atoms with Crippen molar-refractivity contribution in [3.63, 3.8) is 0 Å². The van der Waals surface area contributed by atoms with Crippen LogP contribution in [0.1, 0.15) is 41.9 Å². The van der Waals surface area contributed by atoms with Gasteiger partial charge in [0, 0.05) is 17.6 Å². The normalized spacial score (nSPS) is 18.2. The van der Waals surface area contributed by atoms with Gasteiger partial charge in [0.15, 0.2) is 5.65 Å². The highest BCUT2D eigenvalue weighted by Gasteiger charge is 2.24. The fraction of sp³-hybridized carbons (Fsp3) is 0.280. The Morgan fingerprint density at radius 3 is 2.42 bits per heavy atom. The molecule has 1 aliphatic carbocycles. The molecule has 0 bridgehead atoms. The Morgan fingerprint density at radius 2 is 1.67 bits per heavy atom. The number of benzene rings is 2. The number of nitrogens with one attached hydrogen (secondary N) is 2. The highest BCUT2D eigenvalue weighted by molar-refractivity contribution is 5.94. The van der Waals surface area contributed by atoms with E-state index in [1.54, 1.807) is 24.4 Å². The first-order chi connectivity index (χ1) is 16.1. The molecule has 0 unspecified atom stereocenters. The van der Waals surface area contributed by atoms with Crippen LogP contribution in [0.15, 0.2) is 60.8 Å². The van der Waals surface area contributed by atoms with Crippen molar-refractivity contribution in [1.82, 2.24) is 25.1 Å². The lowest BCUT2D eigenvalue weighted by atomic mass is 9.91. The molecule has 33 heavy (non-hydrogen) atoms. The maximum atomic E-state index is 14.3. The standard InChI is InChI=1S/C25H25FN6O/c1-16-28-23(20-15-27-32(24(20)29-16)22-10-6-5-9-21(22)26)30-18-11-13-19(14-12-18)31-25(33)17-7-3-2-4-8-17/h2-10,15,18-19H,11-14H2,1H3,(H,31,33)(H,28,29,30). The Morgan fingerprint density at radius 1 is 0.970 bits per heavy atom. The molecule has 8 heteroatoms. The van der Waals surface area contributed by atoms with E-state index in [0.717, 1.165) is 31.1 Å². The van der Waals surface area contributed by atoms with E-state index in [9.17, 15) is 9.18 Å². The van der Waals surface area contributed by atoms with E-state index in [1.807, 2.05) is 37.3 Å². The van der Waals surface area contributed by atoms with Crippen LogP contribution in [0.3, 0.4) is 0 Å². The molecule has 0 saturated heterocycles. The number of nitrogens with zero attached hydrogens (tertiary/aromatic N) is 4. The molecule has 2 heterocycles. The van der Waals surface area contributed by atoms with Crippen LogP contribution in [-0.2, 0) is 0 Å². The number of rotatable bonds is 5. The second-order valence-corrected chi connectivity index (χ2v) is 8.40. The summed E-state index contributed by atoms with van der Waals surface area (Å²) in [5, 5.41) is 11.8. The van der Waals surface area contributed by atoms with Crippen molar-refractivity contribution in [2.24, 2.45) is 0 Å². The zero-order valence-electron chi connectivity index (χ0n) is 18.3. The summed E-state index contributed by atoms with van der Waals surface area (Å²) < 4.78 is 15.9. The molecule has 0 radical (unpaired) electrons. The van der Waals surface area contributed by atoms with Gasteiger partial charge < -0.3 is 10.6 Å². The average Bonchev–Trinajstić information content (AvgIpc) is 3.25. The van der Waals surface area contributed by atoms with E-state index in [-0.39, 0.29) is 23.8 Å².